The van der Waals surface area contributed by atoms with Crippen molar-refractivity contribution in [3.63, 3.8) is 0 Å². The Morgan fingerprint density at radius 1 is 1.09 bits per heavy atom. The van der Waals surface area contributed by atoms with Crippen molar-refractivity contribution in [3.8, 4) is 5.75 Å². The molecular formula is C29H33N3O2. The lowest BCUT2D eigenvalue weighted by Crippen LogP contribution is -2.44. The minimum atomic E-state index is 0.134. The van der Waals surface area contributed by atoms with E-state index in [0.29, 0.717) is 0 Å². The summed E-state index contributed by atoms with van der Waals surface area (Å²) in [5.41, 5.74) is 6.16. The summed E-state index contributed by atoms with van der Waals surface area (Å²) >= 11 is 0. The van der Waals surface area contributed by atoms with Crippen LogP contribution in [0, 0.1) is 0 Å². The third kappa shape index (κ3) is 4.32. The van der Waals surface area contributed by atoms with Gasteiger partial charge in [0.15, 0.2) is 0 Å². The topological polar surface area (TPSA) is 45.7 Å². The maximum Gasteiger partial charge on any atom is 0.254 e. The highest BCUT2D eigenvalue weighted by molar-refractivity contribution is 6.09. The first kappa shape index (κ1) is 22.6. The zero-order chi connectivity index (χ0) is 23.7. The molecule has 0 spiro atoms. The fraction of sp³-hybridized carbons (Fsp3) is 0.379. The zero-order valence-corrected chi connectivity index (χ0v) is 20.4. The summed E-state index contributed by atoms with van der Waals surface area (Å²) in [5, 5.41) is 0.969. The number of allylic oxidation sites excluding steroid dienone is 1. The van der Waals surface area contributed by atoms with Crippen molar-refractivity contribution in [3.05, 3.63) is 70.9 Å². The van der Waals surface area contributed by atoms with E-state index in [1.54, 1.807) is 7.11 Å². The number of fused-ring (bicyclic) bond motifs is 2. The van der Waals surface area contributed by atoms with Gasteiger partial charge in [-0.15, -0.1) is 0 Å². The number of hydrogen-bond donors (Lipinski definition) is 0. The van der Waals surface area contributed by atoms with Gasteiger partial charge in [-0.25, -0.2) is 4.98 Å². The molecule has 0 unspecified atom stereocenters. The molecule has 5 nitrogen and oxygen atoms in total. The van der Waals surface area contributed by atoms with Gasteiger partial charge in [0.1, 0.15) is 5.75 Å². The number of rotatable bonds is 4. The van der Waals surface area contributed by atoms with Gasteiger partial charge in [0.25, 0.3) is 5.91 Å². The Kier molecular flexibility index (Phi) is 6.38. The van der Waals surface area contributed by atoms with Crippen molar-refractivity contribution >= 4 is 28.5 Å². The summed E-state index contributed by atoms with van der Waals surface area (Å²) in [5.74, 6) is 0.982. The zero-order valence-electron chi connectivity index (χ0n) is 20.4. The Labute approximate surface area is 202 Å². The van der Waals surface area contributed by atoms with Crippen LogP contribution >= 0.6 is 0 Å². The molecule has 1 aromatic heterocycles. The van der Waals surface area contributed by atoms with Crippen molar-refractivity contribution < 1.29 is 9.53 Å². The van der Waals surface area contributed by atoms with E-state index in [-0.39, 0.29) is 11.9 Å². The first-order valence-corrected chi connectivity index (χ1v) is 12.3. The number of nitrogens with zero attached hydrogens (tertiary/aromatic N) is 3. The maximum absolute atomic E-state index is 14.0. The Morgan fingerprint density at radius 2 is 1.82 bits per heavy atom. The minimum Gasteiger partial charge on any atom is -0.497 e. The second-order valence-electron chi connectivity index (χ2n) is 9.58. The van der Waals surface area contributed by atoms with Gasteiger partial charge < -0.3 is 14.5 Å². The molecule has 2 aliphatic rings. The van der Waals surface area contributed by atoms with E-state index in [0.717, 1.165) is 84.2 Å². The number of para-hydroxylation sites is 1. The third-order valence-corrected chi connectivity index (χ3v) is 7.40. The summed E-state index contributed by atoms with van der Waals surface area (Å²) in [6.45, 7) is 2.07. The average molecular weight is 456 g/mol. The van der Waals surface area contributed by atoms with Gasteiger partial charge in [-0.3, -0.25) is 4.79 Å². The lowest BCUT2D eigenvalue weighted by molar-refractivity contribution is 0.0660. The van der Waals surface area contributed by atoms with E-state index < -0.39 is 0 Å². The molecule has 5 heteroatoms. The number of carbonyl (C=O) groups is 1. The van der Waals surface area contributed by atoms with E-state index >= 15 is 0 Å². The number of methoxy groups -OCH3 is 1. The molecule has 0 bridgehead atoms. The number of aromatic nitrogens is 1. The molecule has 1 amide bonds. The van der Waals surface area contributed by atoms with Gasteiger partial charge in [-0.05, 0) is 93.2 Å². The molecule has 176 valence electrons. The van der Waals surface area contributed by atoms with Gasteiger partial charge in [0.2, 0.25) is 0 Å². The molecule has 1 saturated heterocycles. The van der Waals surface area contributed by atoms with Crippen molar-refractivity contribution in [1.29, 1.82) is 0 Å². The quantitative estimate of drug-likeness (QED) is 0.537. The number of carbonyl (C=O) groups excluding carboxylic acids is 1. The van der Waals surface area contributed by atoms with Gasteiger partial charge in [0, 0.05) is 18.5 Å². The molecule has 2 aromatic carbocycles. The molecule has 34 heavy (non-hydrogen) atoms. The van der Waals surface area contributed by atoms with E-state index in [4.69, 9.17) is 9.72 Å². The highest BCUT2D eigenvalue weighted by Gasteiger charge is 2.30. The smallest absolute Gasteiger partial charge is 0.254 e. The molecule has 0 radical (unpaired) electrons. The Hall–Kier alpha value is -3.18. The second kappa shape index (κ2) is 9.59. The molecule has 1 fully saturated rings. The number of piperidine rings is 1. The number of ether oxygens (including phenoxy) is 1. The third-order valence-electron chi connectivity index (χ3n) is 7.40. The van der Waals surface area contributed by atoms with Crippen LogP contribution in [0.1, 0.15) is 52.9 Å². The largest absolute Gasteiger partial charge is 0.497 e. The predicted molar refractivity (Wildman–Crippen MR) is 138 cm³/mol. The first-order chi connectivity index (χ1) is 16.5. The van der Waals surface area contributed by atoms with E-state index in [1.165, 1.54) is 5.57 Å². The van der Waals surface area contributed by atoms with E-state index in [9.17, 15) is 4.79 Å². The standard InChI is InChI=1S/C29H33N3O2/c1-31-17-15-22(16-18-31)32(2)29(33)27-24-8-4-5-10-26(24)30-28-21(7-6-9-25(27)28)19-20-11-13-23(34-3)14-12-20/h4-5,8,10-14,19,22H,6-7,9,15-18H2,1-3H3/b21-19-. The van der Waals surface area contributed by atoms with Crippen LogP contribution in [0.2, 0.25) is 0 Å². The molecule has 0 N–H and O–H groups in total. The van der Waals surface area contributed by atoms with Crippen molar-refractivity contribution in [1.82, 2.24) is 14.8 Å². The first-order valence-electron chi connectivity index (χ1n) is 12.3. The molecule has 1 aliphatic carbocycles. The number of likely N-dealkylation sites (tertiary alicyclic amines) is 1. The van der Waals surface area contributed by atoms with Crippen LogP contribution in [0.3, 0.4) is 0 Å². The fourth-order valence-corrected chi connectivity index (χ4v) is 5.35. The summed E-state index contributed by atoms with van der Waals surface area (Å²) < 4.78 is 5.31. The molecular weight excluding hydrogens is 422 g/mol. The summed E-state index contributed by atoms with van der Waals surface area (Å²) in [6, 6.07) is 16.5. The van der Waals surface area contributed by atoms with E-state index in [2.05, 4.69) is 36.2 Å². The van der Waals surface area contributed by atoms with Crippen LogP contribution in [0.5, 0.6) is 5.75 Å². The summed E-state index contributed by atoms with van der Waals surface area (Å²) in [4.78, 5) is 23.4. The number of benzene rings is 2. The maximum atomic E-state index is 14.0. The van der Waals surface area contributed by atoms with Crippen LogP contribution in [0.4, 0.5) is 0 Å². The summed E-state index contributed by atoms with van der Waals surface area (Å²) in [6.07, 6.45) is 7.12. The molecule has 1 aliphatic heterocycles. The van der Waals surface area contributed by atoms with Crippen LogP contribution in [-0.2, 0) is 6.42 Å². The Morgan fingerprint density at radius 3 is 2.56 bits per heavy atom. The van der Waals surface area contributed by atoms with Gasteiger partial charge in [-0.1, -0.05) is 30.3 Å². The average Bonchev–Trinajstić information content (AvgIpc) is 2.88. The van der Waals surface area contributed by atoms with Gasteiger partial charge >= 0.3 is 0 Å². The predicted octanol–water partition coefficient (Wildman–Crippen LogP) is 5.29. The molecule has 2 heterocycles. The lowest BCUT2D eigenvalue weighted by atomic mass is 9.85. The molecule has 0 saturated carbocycles. The molecule has 0 atom stereocenters. The van der Waals surface area contributed by atoms with Crippen molar-refractivity contribution in [2.45, 2.75) is 38.1 Å². The van der Waals surface area contributed by atoms with E-state index in [1.807, 2.05) is 42.3 Å². The Bertz CT molecular complexity index is 1220. The number of amides is 1. The van der Waals surface area contributed by atoms with Crippen molar-refractivity contribution in [2.75, 3.05) is 34.3 Å². The molecule has 3 aromatic rings. The number of pyridine rings is 1. The fourth-order valence-electron chi connectivity index (χ4n) is 5.35. The normalized spacial score (nSPS) is 18.1. The van der Waals surface area contributed by atoms with Gasteiger partial charge in [0.05, 0.1) is 23.9 Å². The highest BCUT2D eigenvalue weighted by atomic mass is 16.5. The van der Waals surface area contributed by atoms with Crippen LogP contribution in [0.15, 0.2) is 48.5 Å². The SMILES string of the molecule is COc1ccc(/C=C2/CCCc3c2nc2ccccc2c3C(=O)N(C)C2CCN(C)CC2)cc1. The molecule has 5 rings (SSSR count). The second-order valence-corrected chi connectivity index (χ2v) is 9.58. The van der Waals surface area contributed by atoms with Crippen molar-refractivity contribution in [2.24, 2.45) is 0 Å². The van der Waals surface area contributed by atoms with Crippen LogP contribution in [-0.4, -0.2) is 61.0 Å². The lowest BCUT2D eigenvalue weighted by Gasteiger charge is -2.36. The summed E-state index contributed by atoms with van der Waals surface area (Å²) in [7, 11) is 5.82. The monoisotopic (exact) mass is 455 g/mol. The Balaban J connectivity index is 1.58. The van der Waals surface area contributed by atoms with Crippen LogP contribution in [0.25, 0.3) is 22.6 Å². The van der Waals surface area contributed by atoms with Crippen LogP contribution < -0.4 is 4.74 Å². The van der Waals surface area contributed by atoms with Gasteiger partial charge in [-0.2, -0.15) is 0 Å². The minimum absolute atomic E-state index is 0.134. The number of hydrogen-bond acceptors (Lipinski definition) is 4. The highest BCUT2D eigenvalue weighted by Crippen LogP contribution is 2.37.